The minimum Gasteiger partial charge on any atom is -0.489 e. The zero-order valence-electron chi connectivity index (χ0n) is 20.5. The Labute approximate surface area is 202 Å². The number of hydrogen-bond donors (Lipinski definition) is 0. The lowest BCUT2D eigenvalue weighted by Crippen LogP contribution is -2.29. The summed E-state index contributed by atoms with van der Waals surface area (Å²) in [6.45, 7) is 5.97. The van der Waals surface area contributed by atoms with Crippen molar-refractivity contribution in [1.29, 1.82) is 0 Å². The topological polar surface area (TPSA) is 29.5 Å². The van der Waals surface area contributed by atoms with E-state index in [1.807, 2.05) is 12.1 Å². The number of ether oxygens (including phenoxy) is 1. The average Bonchev–Trinajstić information content (AvgIpc) is 2.87. The number of hydrogen-bond acceptors (Lipinski definition) is 2. The van der Waals surface area contributed by atoms with Crippen molar-refractivity contribution in [3.63, 3.8) is 0 Å². The highest BCUT2D eigenvalue weighted by Crippen LogP contribution is 2.38. The van der Waals surface area contributed by atoms with Gasteiger partial charge in [0.25, 0.3) is 0 Å². The van der Waals surface area contributed by atoms with Crippen LogP contribution in [0.1, 0.15) is 69.8 Å². The monoisotopic (exact) mass is 469 g/mol. The van der Waals surface area contributed by atoms with Crippen LogP contribution < -0.4 is 4.74 Å². The van der Waals surface area contributed by atoms with E-state index in [2.05, 4.69) is 25.6 Å². The SMILES string of the molecule is C=CC(=O)N(C)CCOc1ccc(-c2ccc(C3CCC(CCCCC)CC3)cc2)c(F)c1F. The zero-order chi connectivity index (χ0) is 24.5. The number of carbonyl (C=O) groups is 1. The molecular formula is C29H37F2NO2. The van der Waals surface area contributed by atoms with Crippen LogP contribution in [0.2, 0.25) is 0 Å². The number of halogens is 2. The lowest BCUT2D eigenvalue weighted by Gasteiger charge is -2.29. The molecule has 5 heteroatoms. The fourth-order valence-corrected chi connectivity index (χ4v) is 4.83. The van der Waals surface area contributed by atoms with Crippen LogP contribution in [0, 0.1) is 17.6 Å². The fourth-order valence-electron chi connectivity index (χ4n) is 4.83. The first-order valence-corrected chi connectivity index (χ1v) is 12.5. The highest BCUT2D eigenvalue weighted by atomic mass is 19.2. The van der Waals surface area contributed by atoms with Crippen molar-refractivity contribution in [3.8, 4) is 16.9 Å². The summed E-state index contributed by atoms with van der Waals surface area (Å²) in [5, 5.41) is 0. The quantitative estimate of drug-likeness (QED) is 0.252. The Bertz CT molecular complexity index is 949. The Hall–Kier alpha value is -2.69. The van der Waals surface area contributed by atoms with Crippen molar-refractivity contribution < 1.29 is 18.3 Å². The number of benzene rings is 2. The molecule has 1 aliphatic carbocycles. The van der Waals surface area contributed by atoms with E-state index in [0.29, 0.717) is 11.5 Å². The maximum atomic E-state index is 14.8. The molecule has 3 nitrogen and oxygen atoms in total. The maximum Gasteiger partial charge on any atom is 0.245 e. The van der Waals surface area contributed by atoms with Crippen LogP contribution in [0.5, 0.6) is 5.75 Å². The molecule has 0 atom stereocenters. The molecule has 1 amide bonds. The number of rotatable bonds is 11. The van der Waals surface area contributed by atoms with Crippen LogP contribution in [-0.2, 0) is 4.79 Å². The number of nitrogens with zero attached hydrogens (tertiary/aromatic N) is 1. The van der Waals surface area contributed by atoms with Crippen LogP contribution in [0.15, 0.2) is 49.1 Å². The number of likely N-dealkylation sites (N-methyl/N-ethyl adjacent to an activating group) is 1. The summed E-state index contributed by atoms with van der Waals surface area (Å²) in [6.07, 6.45) is 11.5. The van der Waals surface area contributed by atoms with Gasteiger partial charge in [-0.2, -0.15) is 4.39 Å². The predicted octanol–water partition coefficient (Wildman–Crippen LogP) is 7.51. The van der Waals surface area contributed by atoms with Crippen LogP contribution in [0.3, 0.4) is 0 Å². The first-order valence-electron chi connectivity index (χ1n) is 12.5. The third-order valence-electron chi connectivity index (χ3n) is 7.04. The van der Waals surface area contributed by atoms with E-state index in [4.69, 9.17) is 4.74 Å². The average molecular weight is 470 g/mol. The molecule has 0 radical (unpaired) electrons. The second-order valence-electron chi connectivity index (χ2n) is 9.39. The molecule has 0 saturated heterocycles. The first-order chi connectivity index (χ1) is 16.4. The Balaban J connectivity index is 1.58. The molecule has 0 spiro atoms. The molecule has 0 aromatic heterocycles. The van der Waals surface area contributed by atoms with Gasteiger partial charge in [-0.1, -0.05) is 63.5 Å². The lowest BCUT2D eigenvalue weighted by molar-refractivity contribution is -0.125. The summed E-state index contributed by atoms with van der Waals surface area (Å²) in [5.41, 5.74) is 2.15. The van der Waals surface area contributed by atoms with Gasteiger partial charge in [-0.25, -0.2) is 4.39 Å². The number of unbranched alkanes of at least 4 members (excludes halogenated alkanes) is 2. The van der Waals surface area contributed by atoms with Gasteiger partial charge in [0, 0.05) is 12.6 Å². The van der Waals surface area contributed by atoms with E-state index >= 15 is 0 Å². The largest absolute Gasteiger partial charge is 0.489 e. The van der Waals surface area contributed by atoms with E-state index in [1.165, 1.54) is 74.0 Å². The van der Waals surface area contributed by atoms with Crippen molar-refractivity contribution in [2.45, 2.75) is 64.2 Å². The molecule has 0 heterocycles. The van der Waals surface area contributed by atoms with Gasteiger partial charge in [0.2, 0.25) is 11.7 Å². The van der Waals surface area contributed by atoms with E-state index < -0.39 is 11.6 Å². The van der Waals surface area contributed by atoms with Gasteiger partial charge < -0.3 is 9.64 Å². The second kappa shape index (κ2) is 12.7. The molecule has 0 bridgehead atoms. The highest BCUT2D eigenvalue weighted by Gasteiger charge is 2.22. The molecule has 3 rings (SSSR count). The van der Waals surface area contributed by atoms with E-state index in [9.17, 15) is 13.6 Å². The highest BCUT2D eigenvalue weighted by molar-refractivity contribution is 5.86. The van der Waals surface area contributed by atoms with Gasteiger partial charge in [0.15, 0.2) is 11.6 Å². The third-order valence-corrected chi connectivity index (χ3v) is 7.04. The summed E-state index contributed by atoms with van der Waals surface area (Å²) in [4.78, 5) is 12.9. The zero-order valence-corrected chi connectivity index (χ0v) is 20.5. The van der Waals surface area contributed by atoms with E-state index in [0.717, 1.165) is 5.92 Å². The molecule has 1 fully saturated rings. The number of carbonyl (C=O) groups excluding carboxylic acids is 1. The van der Waals surface area contributed by atoms with Gasteiger partial charge in [-0.15, -0.1) is 0 Å². The van der Waals surface area contributed by atoms with Gasteiger partial charge in [0.05, 0.1) is 6.54 Å². The van der Waals surface area contributed by atoms with Crippen molar-refractivity contribution in [1.82, 2.24) is 4.90 Å². The Kier molecular flexibility index (Phi) is 9.67. The summed E-state index contributed by atoms with van der Waals surface area (Å²) >= 11 is 0. The Morgan fingerprint density at radius 2 is 1.76 bits per heavy atom. The standard InChI is InChI=1S/C29H37F2NO2/c1-4-6-7-8-21-9-11-22(12-10-21)23-13-15-24(16-14-23)25-17-18-26(29(31)28(25)30)34-20-19-32(3)27(33)5-2/h5,13-18,21-22H,2,4,6-12,19-20H2,1,3H3. The molecular weight excluding hydrogens is 432 g/mol. The van der Waals surface area contributed by atoms with Crippen LogP contribution in [0.25, 0.3) is 11.1 Å². The summed E-state index contributed by atoms with van der Waals surface area (Å²) in [7, 11) is 1.59. The Morgan fingerprint density at radius 1 is 1.06 bits per heavy atom. The first kappa shape index (κ1) is 25.9. The summed E-state index contributed by atoms with van der Waals surface area (Å²) < 4.78 is 34.8. The normalized spacial score (nSPS) is 17.9. The molecule has 0 unspecified atom stereocenters. The molecule has 1 saturated carbocycles. The minimum atomic E-state index is -1.01. The third kappa shape index (κ3) is 6.68. The van der Waals surface area contributed by atoms with Crippen molar-refractivity contribution in [2.75, 3.05) is 20.2 Å². The molecule has 2 aromatic carbocycles. The van der Waals surface area contributed by atoms with Gasteiger partial charge in [0.1, 0.15) is 6.61 Å². The van der Waals surface area contributed by atoms with Gasteiger partial charge in [-0.3, -0.25) is 4.79 Å². The molecule has 0 aliphatic heterocycles. The molecule has 0 N–H and O–H groups in total. The smallest absolute Gasteiger partial charge is 0.245 e. The lowest BCUT2D eigenvalue weighted by atomic mass is 9.77. The number of amides is 1. The van der Waals surface area contributed by atoms with Crippen LogP contribution in [0.4, 0.5) is 8.78 Å². The predicted molar refractivity (Wildman–Crippen MR) is 134 cm³/mol. The van der Waals surface area contributed by atoms with Crippen LogP contribution >= 0.6 is 0 Å². The summed E-state index contributed by atoms with van der Waals surface area (Å²) in [6, 6.07) is 10.9. The van der Waals surface area contributed by atoms with E-state index in [1.54, 1.807) is 13.1 Å². The minimum absolute atomic E-state index is 0.0569. The second-order valence-corrected chi connectivity index (χ2v) is 9.39. The molecule has 1 aliphatic rings. The van der Waals surface area contributed by atoms with Crippen molar-refractivity contribution >= 4 is 5.91 Å². The fraction of sp³-hybridized carbons (Fsp3) is 0.483. The molecule has 184 valence electrons. The summed E-state index contributed by atoms with van der Waals surface area (Å²) in [5.74, 6) is -0.932. The van der Waals surface area contributed by atoms with Gasteiger partial charge >= 0.3 is 0 Å². The van der Waals surface area contributed by atoms with Crippen LogP contribution in [-0.4, -0.2) is 31.0 Å². The van der Waals surface area contributed by atoms with Crippen molar-refractivity contribution in [2.24, 2.45) is 5.92 Å². The maximum absolute atomic E-state index is 14.8. The van der Waals surface area contributed by atoms with E-state index in [-0.39, 0.29) is 30.4 Å². The molecule has 34 heavy (non-hydrogen) atoms. The van der Waals surface area contributed by atoms with Gasteiger partial charge in [-0.05, 0) is 66.9 Å². The van der Waals surface area contributed by atoms with Crippen molar-refractivity contribution in [3.05, 3.63) is 66.3 Å². The Morgan fingerprint density at radius 3 is 2.41 bits per heavy atom. The molecule has 2 aromatic rings.